The minimum atomic E-state index is -4.75. The van der Waals surface area contributed by atoms with Crippen LogP contribution in [0, 0.1) is 5.82 Å². The molecule has 0 bridgehead atoms. The highest BCUT2D eigenvalue weighted by Crippen LogP contribution is 2.36. The molecule has 174 valence electrons. The number of rotatable bonds is 6. The Hall–Kier alpha value is -4.41. The van der Waals surface area contributed by atoms with Crippen molar-refractivity contribution in [1.82, 2.24) is 9.97 Å². The molecule has 0 aliphatic rings. The molecule has 11 heteroatoms. The van der Waals surface area contributed by atoms with Gasteiger partial charge in [-0.05, 0) is 30.3 Å². The van der Waals surface area contributed by atoms with Gasteiger partial charge in [0.2, 0.25) is 5.88 Å². The molecule has 4 rings (SSSR count). The van der Waals surface area contributed by atoms with Crippen LogP contribution in [-0.2, 0) is 6.18 Å². The Labute approximate surface area is 190 Å². The fourth-order valence-corrected chi connectivity index (χ4v) is 2.99. The van der Waals surface area contributed by atoms with E-state index in [1.54, 1.807) is 24.3 Å². The van der Waals surface area contributed by atoms with Crippen LogP contribution >= 0.6 is 0 Å². The zero-order valence-electron chi connectivity index (χ0n) is 17.4. The first-order valence-corrected chi connectivity index (χ1v) is 9.63. The molecule has 1 amide bonds. The fraction of sp³-hybridized carbons (Fsp3) is 0.0870. The molecule has 2 heterocycles. The molecule has 4 aromatic rings. The zero-order chi connectivity index (χ0) is 24.3. The summed E-state index contributed by atoms with van der Waals surface area (Å²) in [5.41, 5.74) is -0.774. The predicted octanol–water partition coefficient (Wildman–Crippen LogP) is 5.95. The molecule has 0 fully saturated rings. The van der Waals surface area contributed by atoms with Gasteiger partial charge in [-0.15, -0.1) is 0 Å². The lowest BCUT2D eigenvalue weighted by atomic mass is 10.1. The molecular weight excluding hydrogens is 458 g/mol. The van der Waals surface area contributed by atoms with Crippen LogP contribution < -0.4 is 14.8 Å². The SMILES string of the molecule is COc1cc(F)ccc1Oc1ncc(C(F)(F)F)cc1C(=O)Nc1cccc(-c2cnco2)c1. The summed E-state index contributed by atoms with van der Waals surface area (Å²) in [6, 6.07) is 10.3. The molecule has 0 aliphatic heterocycles. The number of pyridine rings is 1. The molecule has 34 heavy (non-hydrogen) atoms. The minimum Gasteiger partial charge on any atom is -0.493 e. The summed E-state index contributed by atoms with van der Waals surface area (Å²) in [7, 11) is 1.26. The van der Waals surface area contributed by atoms with Gasteiger partial charge in [0.05, 0.1) is 18.9 Å². The van der Waals surface area contributed by atoms with E-state index < -0.39 is 34.9 Å². The highest BCUT2D eigenvalue weighted by molar-refractivity contribution is 6.06. The van der Waals surface area contributed by atoms with Crippen molar-refractivity contribution in [3.05, 3.63) is 84.3 Å². The number of benzene rings is 2. The lowest BCUT2D eigenvalue weighted by molar-refractivity contribution is -0.137. The second kappa shape index (κ2) is 9.22. The van der Waals surface area contributed by atoms with Crippen molar-refractivity contribution in [2.75, 3.05) is 12.4 Å². The number of anilines is 1. The quantitative estimate of drug-likeness (QED) is 0.349. The standard InChI is InChI=1S/C23H15F4N3O4/c1-32-19-9-15(24)5-6-18(19)34-22-17(8-14(10-29-22)23(25,26)27)21(31)30-16-4-2-3-13(7-16)20-11-28-12-33-20/h2-12H,1H3,(H,30,31). The van der Waals surface area contributed by atoms with Crippen LogP contribution in [0.1, 0.15) is 15.9 Å². The number of ether oxygens (including phenoxy) is 2. The topological polar surface area (TPSA) is 86.5 Å². The van der Waals surface area contributed by atoms with Crippen LogP contribution in [0.3, 0.4) is 0 Å². The Bertz CT molecular complexity index is 1320. The smallest absolute Gasteiger partial charge is 0.417 e. The van der Waals surface area contributed by atoms with Gasteiger partial charge in [-0.2, -0.15) is 13.2 Å². The molecule has 0 spiro atoms. The molecule has 0 aliphatic carbocycles. The molecule has 0 saturated carbocycles. The van der Waals surface area contributed by atoms with E-state index in [1.807, 2.05) is 0 Å². The second-order valence-electron chi connectivity index (χ2n) is 6.87. The van der Waals surface area contributed by atoms with E-state index in [-0.39, 0.29) is 17.2 Å². The minimum absolute atomic E-state index is 0.0344. The normalized spacial score (nSPS) is 11.2. The summed E-state index contributed by atoms with van der Waals surface area (Å²) in [6.07, 6.45) is -1.51. The summed E-state index contributed by atoms with van der Waals surface area (Å²) in [5, 5.41) is 2.52. The third-order valence-corrected chi connectivity index (χ3v) is 4.59. The molecule has 0 saturated heterocycles. The first kappa shape index (κ1) is 22.8. The Morgan fingerprint density at radius 1 is 1.06 bits per heavy atom. The molecular formula is C23H15F4N3O4. The first-order chi connectivity index (χ1) is 16.2. The molecule has 0 unspecified atom stereocenters. The van der Waals surface area contributed by atoms with Crippen LogP contribution in [0.25, 0.3) is 11.3 Å². The van der Waals surface area contributed by atoms with Crippen molar-refractivity contribution in [3.63, 3.8) is 0 Å². The highest BCUT2D eigenvalue weighted by atomic mass is 19.4. The Morgan fingerprint density at radius 2 is 1.88 bits per heavy atom. The Balaban J connectivity index is 1.69. The van der Waals surface area contributed by atoms with E-state index in [2.05, 4.69) is 15.3 Å². The number of carbonyl (C=O) groups is 1. The summed E-state index contributed by atoms with van der Waals surface area (Å²) >= 11 is 0. The van der Waals surface area contributed by atoms with Gasteiger partial charge >= 0.3 is 6.18 Å². The van der Waals surface area contributed by atoms with Crippen molar-refractivity contribution < 1.29 is 36.2 Å². The summed E-state index contributed by atoms with van der Waals surface area (Å²) in [5.74, 6) is -1.60. The van der Waals surface area contributed by atoms with Crippen LogP contribution in [0.15, 0.2) is 71.7 Å². The van der Waals surface area contributed by atoms with Crippen molar-refractivity contribution in [3.8, 4) is 28.7 Å². The van der Waals surface area contributed by atoms with E-state index in [1.165, 1.54) is 25.8 Å². The third kappa shape index (κ3) is 4.98. The van der Waals surface area contributed by atoms with E-state index in [0.29, 0.717) is 23.6 Å². The van der Waals surface area contributed by atoms with Crippen molar-refractivity contribution in [1.29, 1.82) is 0 Å². The summed E-state index contributed by atoms with van der Waals surface area (Å²) < 4.78 is 69.2. The zero-order valence-corrected chi connectivity index (χ0v) is 17.4. The van der Waals surface area contributed by atoms with Gasteiger partial charge in [-0.25, -0.2) is 14.4 Å². The largest absolute Gasteiger partial charge is 0.493 e. The van der Waals surface area contributed by atoms with E-state index >= 15 is 0 Å². The highest BCUT2D eigenvalue weighted by Gasteiger charge is 2.33. The number of oxazole rings is 1. The number of nitrogens with zero attached hydrogens (tertiary/aromatic N) is 2. The Morgan fingerprint density at radius 3 is 2.59 bits per heavy atom. The van der Waals surface area contributed by atoms with Crippen molar-refractivity contribution in [2.45, 2.75) is 6.18 Å². The summed E-state index contributed by atoms with van der Waals surface area (Å²) in [4.78, 5) is 20.5. The van der Waals surface area contributed by atoms with Gasteiger partial charge in [0.15, 0.2) is 23.7 Å². The number of aromatic nitrogens is 2. The maximum Gasteiger partial charge on any atom is 0.417 e. The molecule has 2 aromatic carbocycles. The number of hydrogen-bond donors (Lipinski definition) is 1. The number of nitrogens with one attached hydrogen (secondary N) is 1. The molecule has 0 atom stereocenters. The van der Waals surface area contributed by atoms with E-state index in [0.717, 1.165) is 12.1 Å². The van der Waals surface area contributed by atoms with Gasteiger partial charge < -0.3 is 19.2 Å². The lowest BCUT2D eigenvalue weighted by Crippen LogP contribution is -2.16. The van der Waals surface area contributed by atoms with Crippen molar-refractivity contribution >= 4 is 11.6 Å². The third-order valence-electron chi connectivity index (χ3n) is 4.59. The lowest BCUT2D eigenvalue weighted by Gasteiger charge is -2.15. The number of amides is 1. The van der Waals surface area contributed by atoms with Gasteiger partial charge in [0.1, 0.15) is 11.4 Å². The van der Waals surface area contributed by atoms with Gasteiger partial charge in [0.25, 0.3) is 5.91 Å². The number of hydrogen-bond acceptors (Lipinski definition) is 6. The maximum absolute atomic E-state index is 13.5. The van der Waals surface area contributed by atoms with Gasteiger partial charge in [-0.1, -0.05) is 12.1 Å². The van der Waals surface area contributed by atoms with Crippen LogP contribution in [0.5, 0.6) is 17.4 Å². The van der Waals surface area contributed by atoms with Gasteiger partial charge in [-0.3, -0.25) is 4.79 Å². The van der Waals surface area contributed by atoms with Gasteiger partial charge in [0, 0.05) is 23.5 Å². The van der Waals surface area contributed by atoms with Crippen LogP contribution in [0.4, 0.5) is 23.2 Å². The summed E-state index contributed by atoms with van der Waals surface area (Å²) in [6.45, 7) is 0. The molecule has 7 nitrogen and oxygen atoms in total. The molecule has 2 aromatic heterocycles. The van der Waals surface area contributed by atoms with E-state index in [4.69, 9.17) is 13.9 Å². The number of methoxy groups -OCH3 is 1. The first-order valence-electron chi connectivity index (χ1n) is 9.63. The van der Waals surface area contributed by atoms with Crippen LogP contribution in [-0.4, -0.2) is 23.0 Å². The second-order valence-corrected chi connectivity index (χ2v) is 6.87. The van der Waals surface area contributed by atoms with Crippen molar-refractivity contribution in [2.24, 2.45) is 0 Å². The van der Waals surface area contributed by atoms with E-state index in [9.17, 15) is 22.4 Å². The average Bonchev–Trinajstić information content (AvgIpc) is 3.35. The number of alkyl halides is 3. The number of carbonyl (C=O) groups excluding carboxylic acids is 1. The Kier molecular flexibility index (Phi) is 6.17. The van der Waals surface area contributed by atoms with Crippen LogP contribution in [0.2, 0.25) is 0 Å². The monoisotopic (exact) mass is 473 g/mol. The predicted molar refractivity (Wildman–Crippen MR) is 112 cm³/mol. The number of halogens is 4. The fourth-order valence-electron chi connectivity index (χ4n) is 2.99. The molecule has 0 radical (unpaired) electrons. The molecule has 1 N–H and O–H groups in total. The average molecular weight is 473 g/mol. The maximum atomic E-state index is 13.5.